The summed E-state index contributed by atoms with van der Waals surface area (Å²) >= 11 is 0. The number of carbonyl (C=O) groups is 1. The summed E-state index contributed by atoms with van der Waals surface area (Å²) in [6.45, 7) is 1.34. The third-order valence-corrected chi connectivity index (χ3v) is 4.90. The van der Waals surface area contributed by atoms with Gasteiger partial charge in [-0.1, -0.05) is 11.2 Å². The second-order valence-corrected chi connectivity index (χ2v) is 7.19. The molecule has 3 aromatic heterocycles. The molecule has 1 N–H and O–H groups in total. The molecule has 0 aliphatic rings. The molecule has 4 aromatic rings. The second-order valence-electron chi connectivity index (χ2n) is 7.19. The first kappa shape index (κ1) is 23.1. The first-order valence-corrected chi connectivity index (χ1v) is 9.58. The van der Waals surface area contributed by atoms with Gasteiger partial charge in [-0.25, -0.2) is 0 Å². The molecule has 0 saturated carbocycles. The molecule has 0 radical (unpaired) electrons. The topological polar surface area (TPSA) is 86.1 Å². The van der Waals surface area contributed by atoms with E-state index in [1.54, 1.807) is 12.1 Å². The van der Waals surface area contributed by atoms with Crippen molar-refractivity contribution in [1.29, 1.82) is 0 Å². The van der Waals surface area contributed by atoms with E-state index in [9.17, 15) is 31.1 Å². The summed E-state index contributed by atoms with van der Waals surface area (Å²) in [6, 6.07) is 4.87. The van der Waals surface area contributed by atoms with Gasteiger partial charge in [0.15, 0.2) is 11.5 Å². The van der Waals surface area contributed by atoms with E-state index in [0.717, 1.165) is 10.7 Å². The predicted octanol–water partition coefficient (Wildman–Crippen LogP) is 6.03. The minimum Gasteiger partial charge on any atom is -0.461 e. The number of rotatable bonds is 5. The Labute approximate surface area is 186 Å². The van der Waals surface area contributed by atoms with Crippen LogP contribution in [0.4, 0.5) is 32.0 Å². The Hall–Kier alpha value is -4.03. The van der Waals surface area contributed by atoms with E-state index in [1.807, 2.05) is 0 Å². The molecular formula is C21H14F6N4O3. The summed E-state index contributed by atoms with van der Waals surface area (Å²) in [7, 11) is 0. The number of alkyl halides is 6. The van der Waals surface area contributed by atoms with Crippen LogP contribution in [-0.2, 0) is 12.4 Å². The Balaban J connectivity index is 1.55. The highest BCUT2D eigenvalue weighted by Gasteiger charge is 2.39. The van der Waals surface area contributed by atoms with Crippen molar-refractivity contribution in [2.45, 2.75) is 25.3 Å². The Morgan fingerprint density at radius 1 is 1.06 bits per heavy atom. The standard InChI is InChI=1S/C21H14F6N4O3/c1-11(14-5-4-12(20(22,23)24)7-15(14)21(25,26)27)31-10-13(9-28-31)29-19(32)16-8-18(34-30-16)17-3-2-6-33-17/h2-11H,1H3,(H,29,32)/t11-/m1/s1. The van der Waals surface area contributed by atoms with Gasteiger partial charge < -0.3 is 14.3 Å². The van der Waals surface area contributed by atoms with E-state index >= 15 is 0 Å². The quantitative estimate of drug-likeness (QED) is 0.350. The summed E-state index contributed by atoms with van der Waals surface area (Å²) in [4.78, 5) is 12.4. The van der Waals surface area contributed by atoms with E-state index in [-0.39, 0.29) is 23.2 Å². The average Bonchev–Trinajstić information content (AvgIpc) is 3.52. The number of anilines is 1. The van der Waals surface area contributed by atoms with Crippen LogP contribution in [0.1, 0.15) is 40.1 Å². The Morgan fingerprint density at radius 2 is 1.82 bits per heavy atom. The molecule has 0 saturated heterocycles. The molecule has 0 spiro atoms. The summed E-state index contributed by atoms with van der Waals surface area (Å²) in [6.07, 6.45) is -6.11. The van der Waals surface area contributed by atoms with Crippen molar-refractivity contribution >= 4 is 11.6 Å². The lowest BCUT2D eigenvalue weighted by molar-refractivity contribution is -0.143. The van der Waals surface area contributed by atoms with Crippen LogP contribution in [0.2, 0.25) is 0 Å². The zero-order chi connectivity index (χ0) is 24.7. The van der Waals surface area contributed by atoms with Crippen molar-refractivity contribution in [3.8, 4) is 11.5 Å². The number of nitrogens with zero attached hydrogens (tertiary/aromatic N) is 3. The number of benzene rings is 1. The Bertz CT molecular complexity index is 1300. The smallest absolute Gasteiger partial charge is 0.416 e. The molecule has 3 heterocycles. The highest BCUT2D eigenvalue weighted by Crippen LogP contribution is 2.39. The van der Waals surface area contributed by atoms with Crippen molar-refractivity contribution in [1.82, 2.24) is 14.9 Å². The Morgan fingerprint density at radius 3 is 2.47 bits per heavy atom. The maximum Gasteiger partial charge on any atom is 0.416 e. The third kappa shape index (κ3) is 4.67. The van der Waals surface area contributed by atoms with E-state index in [0.29, 0.717) is 11.8 Å². The fraction of sp³-hybridized carbons (Fsp3) is 0.190. The number of furan rings is 1. The number of amides is 1. The number of aromatic nitrogens is 3. The number of nitrogens with one attached hydrogen (secondary N) is 1. The van der Waals surface area contributed by atoms with Gasteiger partial charge in [-0.15, -0.1) is 0 Å². The summed E-state index contributed by atoms with van der Waals surface area (Å²) < 4.78 is 90.5. The first-order chi connectivity index (χ1) is 15.9. The van der Waals surface area contributed by atoms with Crippen molar-refractivity contribution in [3.05, 3.63) is 77.4 Å². The number of carbonyl (C=O) groups excluding carboxylic acids is 1. The predicted molar refractivity (Wildman–Crippen MR) is 105 cm³/mol. The van der Waals surface area contributed by atoms with Crippen molar-refractivity contribution < 1.29 is 40.1 Å². The zero-order valence-electron chi connectivity index (χ0n) is 17.1. The van der Waals surface area contributed by atoms with Gasteiger partial charge in [0.25, 0.3) is 5.91 Å². The maximum atomic E-state index is 13.5. The molecule has 0 unspecified atom stereocenters. The molecule has 34 heavy (non-hydrogen) atoms. The van der Waals surface area contributed by atoms with Gasteiger partial charge in [0.1, 0.15) is 0 Å². The molecule has 4 rings (SSSR count). The van der Waals surface area contributed by atoms with Gasteiger partial charge in [-0.2, -0.15) is 31.4 Å². The summed E-state index contributed by atoms with van der Waals surface area (Å²) in [5.74, 6) is -0.120. The molecule has 0 aliphatic heterocycles. The van der Waals surface area contributed by atoms with Gasteiger partial charge >= 0.3 is 12.4 Å². The maximum absolute atomic E-state index is 13.5. The SMILES string of the molecule is C[C@H](c1ccc(C(F)(F)F)cc1C(F)(F)F)n1cc(NC(=O)c2cc(-c3ccco3)on2)cn1. The fourth-order valence-electron chi connectivity index (χ4n) is 3.21. The normalized spacial score (nSPS) is 13.1. The van der Waals surface area contributed by atoms with Gasteiger partial charge in [0.2, 0.25) is 5.76 Å². The van der Waals surface area contributed by atoms with Crippen LogP contribution in [0, 0.1) is 0 Å². The van der Waals surface area contributed by atoms with Crippen LogP contribution in [0.5, 0.6) is 0 Å². The molecule has 1 amide bonds. The van der Waals surface area contributed by atoms with Crippen LogP contribution in [0.15, 0.2) is 64.0 Å². The van der Waals surface area contributed by atoms with E-state index < -0.39 is 41.0 Å². The van der Waals surface area contributed by atoms with E-state index in [2.05, 4.69) is 15.6 Å². The van der Waals surface area contributed by atoms with Crippen molar-refractivity contribution in [2.75, 3.05) is 5.32 Å². The van der Waals surface area contributed by atoms with E-state index in [1.165, 1.54) is 31.6 Å². The molecule has 13 heteroatoms. The summed E-state index contributed by atoms with van der Waals surface area (Å²) in [5.41, 5.74) is -3.22. The van der Waals surface area contributed by atoms with E-state index in [4.69, 9.17) is 8.94 Å². The minimum absolute atomic E-state index is 0.0687. The Kier molecular flexibility index (Phi) is 5.71. The highest BCUT2D eigenvalue weighted by molar-refractivity contribution is 6.03. The molecule has 1 atom stereocenters. The monoisotopic (exact) mass is 484 g/mol. The number of hydrogen-bond donors (Lipinski definition) is 1. The van der Waals surface area contributed by atoms with Crippen LogP contribution in [-0.4, -0.2) is 20.8 Å². The van der Waals surface area contributed by atoms with Crippen LogP contribution in [0.3, 0.4) is 0 Å². The minimum atomic E-state index is -5.02. The first-order valence-electron chi connectivity index (χ1n) is 9.58. The molecule has 0 aliphatic carbocycles. The number of halogens is 6. The largest absolute Gasteiger partial charge is 0.461 e. The second kappa shape index (κ2) is 8.39. The van der Waals surface area contributed by atoms with Crippen LogP contribution in [0.25, 0.3) is 11.5 Å². The summed E-state index contributed by atoms with van der Waals surface area (Å²) in [5, 5.41) is 10.0. The van der Waals surface area contributed by atoms with Crippen molar-refractivity contribution in [3.63, 3.8) is 0 Å². The molecule has 7 nitrogen and oxygen atoms in total. The van der Waals surface area contributed by atoms with Crippen molar-refractivity contribution in [2.24, 2.45) is 0 Å². The molecule has 0 fully saturated rings. The van der Waals surface area contributed by atoms with Crippen LogP contribution < -0.4 is 5.32 Å². The average molecular weight is 484 g/mol. The molecule has 0 bridgehead atoms. The zero-order valence-corrected chi connectivity index (χ0v) is 17.1. The van der Waals surface area contributed by atoms with Gasteiger partial charge in [0.05, 0.1) is 35.3 Å². The fourth-order valence-corrected chi connectivity index (χ4v) is 3.21. The lowest BCUT2D eigenvalue weighted by atomic mass is 9.98. The van der Waals surface area contributed by atoms with Gasteiger partial charge in [-0.05, 0) is 36.8 Å². The molecule has 1 aromatic carbocycles. The molecule has 178 valence electrons. The lowest BCUT2D eigenvalue weighted by Crippen LogP contribution is -2.17. The van der Waals surface area contributed by atoms with Gasteiger partial charge in [-0.3, -0.25) is 9.48 Å². The highest BCUT2D eigenvalue weighted by atomic mass is 19.4. The third-order valence-electron chi connectivity index (χ3n) is 4.90. The lowest BCUT2D eigenvalue weighted by Gasteiger charge is -2.20. The molecular weight excluding hydrogens is 470 g/mol. The van der Waals surface area contributed by atoms with Crippen LogP contribution >= 0.6 is 0 Å². The van der Waals surface area contributed by atoms with Gasteiger partial charge in [0, 0.05) is 12.3 Å². The number of hydrogen-bond acceptors (Lipinski definition) is 5.